The van der Waals surface area contributed by atoms with Gasteiger partial charge in [0.1, 0.15) is 5.82 Å². The predicted octanol–water partition coefficient (Wildman–Crippen LogP) is 2.84. The second-order valence-corrected chi connectivity index (χ2v) is 6.78. The molecular weight excluding hydrogens is 362 g/mol. The average molecular weight is 390 g/mol. The maximum Gasteiger partial charge on any atom is 0.330 e. The third kappa shape index (κ3) is 4.77. The molecular formula is C19H27N5O2S. The summed E-state index contributed by atoms with van der Waals surface area (Å²) in [7, 11) is 0. The molecule has 0 saturated carbocycles. The molecule has 0 unspecified atom stereocenters. The van der Waals surface area contributed by atoms with Crippen molar-refractivity contribution in [3.63, 3.8) is 0 Å². The summed E-state index contributed by atoms with van der Waals surface area (Å²) in [4.78, 5) is 28.7. The molecule has 146 valence electrons. The topological polar surface area (TPSA) is 96.2 Å². The predicted molar refractivity (Wildman–Crippen MR) is 116 cm³/mol. The highest BCUT2D eigenvalue weighted by Gasteiger charge is 2.21. The molecule has 0 amide bonds. The number of aryl methyl sites for hydroxylation is 1. The van der Waals surface area contributed by atoms with Gasteiger partial charge in [0.15, 0.2) is 10.8 Å². The molecule has 1 aromatic carbocycles. The Morgan fingerprint density at radius 1 is 1.26 bits per heavy atom. The maximum absolute atomic E-state index is 12.5. The first kappa shape index (κ1) is 20.7. The molecule has 8 heteroatoms. The van der Waals surface area contributed by atoms with Crippen LogP contribution in [0.5, 0.6) is 0 Å². The number of benzene rings is 1. The second kappa shape index (κ2) is 9.36. The molecule has 1 aromatic heterocycles. The lowest BCUT2D eigenvalue weighted by Gasteiger charge is -2.27. The van der Waals surface area contributed by atoms with Crippen LogP contribution in [0.3, 0.4) is 0 Å². The van der Waals surface area contributed by atoms with Crippen LogP contribution in [-0.4, -0.2) is 21.2 Å². The summed E-state index contributed by atoms with van der Waals surface area (Å²) in [6, 6.07) is 7.75. The molecule has 1 heterocycles. The van der Waals surface area contributed by atoms with Crippen molar-refractivity contribution in [2.75, 3.05) is 22.5 Å². The molecule has 27 heavy (non-hydrogen) atoms. The van der Waals surface area contributed by atoms with Gasteiger partial charge in [-0.05, 0) is 43.6 Å². The van der Waals surface area contributed by atoms with Crippen LogP contribution in [0.4, 0.5) is 17.2 Å². The molecule has 0 spiro atoms. The number of nitrogens with zero attached hydrogens (tertiary/aromatic N) is 2. The molecule has 0 radical (unpaired) electrons. The number of thiocarbonyl (C=S) groups is 1. The molecule has 0 aliphatic rings. The number of rotatable bonds is 7. The summed E-state index contributed by atoms with van der Waals surface area (Å²) in [5, 5.41) is 3.55. The highest BCUT2D eigenvalue weighted by atomic mass is 32.1. The van der Waals surface area contributed by atoms with E-state index in [1.54, 1.807) is 4.90 Å². The minimum absolute atomic E-state index is 0.139. The third-order valence-corrected chi connectivity index (χ3v) is 4.62. The number of nitrogen functional groups attached to an aromatic ring is 1. The van der Waals surface area contributed by atoms with Crippen LogP contribution in [-0.2, 0) is 6.54 Å². The van der Waals surface area contributed by atoms with E-state index in [0.29, 0.717) is 18.2 Å². The van der Waals surface area contributed by atoms with Crippen molar-refractivity contribution in [2.45, 2.75) is 46.6 Å². The Labute approximate surface area is 164 Å². The fourth-order valence-electron chi connectivity index (χ4n) is 2.81. The van der Waals surface area contributed by atoms with Gasteiger partial charge in [-0.15, -0.1) is 0 Å². The monoisotopic (exact) mass is 389 g/mol. The molecule has 2 rings (SSSR count). The summed E-state index contributed by atoms with van der Waals surface area (Å²) in [5.74, 6) is 0.139. The zero-order valence-corrected chi connectivity index (χ0v) is 16.9. The smallest absolute Gasteiger partial charge is 0.330 e. The largest absolute Gasteiger partial charge is 0.383 e. The lowest BCUT2D eigenvalue weighted by atomic mass is 10.2. The van der Waals surface area contributed by atoms with Crippen molar-refractivity contribution in [3.05, 3.63) is 50.7 Å². The van der Waals surface area contributed by atoms with Gasteiger partial charge in [0, 0.05) is 18.8 Å². The Morgan fingerprint density at radius 3 is 2.59 bits per heavy atom. The molecule has 7 nitrogen and oxygen atoms in total. The minimum Gasteiger partial charge on any atom is -0.383 e. The first-order chi connectivity index (χ1) is 12.9. The van der Waals surface area contributed by atoms with Gasteiger partial charge < -0.3 is 16.0 Å². The highest BCUT2D eigenvalue weighted by molar-refractivity contribution is 7.80. The zero-order valence-electron chi connectivity index (χ0n) is 16.0. The van der Waals surface area contributed by atoms with Crippen LogP contribution in [0.2, 0.25) is 0 Å². The lowest BCUT2D eigenvalue weighted by molar-refractivity contribution is 0.604. The summed E-state index contributed by atoms with van der Waals surface area (Å²) < 4.78 is 1.40. The minimum atomic E-state index is -0.535. The first-order valence-electron chi connectivity index (χ1n) is 9.17. The number of hydrogen-bond donors (Lipinski definition) is 3. The molecule has 0 atom stereocenters. The van der Waals surface area contributed by atoms with Gasteiger partial charge >= 0.3 is 5.69 Å². The summed E-state index contributed by atoms with van der Waals surface area (Å²) in [6.45, 7) is 6.93. The second-order valence-electron chi connectivity index (χ2n) is 6.40. The normalized spacial score (nSPS) is 10.6. The van der Waals surface area contributed by atoms with Gasteiger partial charge in [-0.25, -0.2) is 4.79 Å². The van der Waals surface area contributed by atoms with Crippen molar-refractivity contribution >= 4 is 34.5 Å². The van der Waals surface area contributed by atoms with Crippen molar-refractivity contribution < 1.29 is 0 Å². The maximum atomic E-state index is 12.5. The van der Waals surface area contributed by atoms with Crippen LogP contribution >= 0.6 is 12.2 Å². The van der Waals surface area contributed by atoms with Crippen molar-refractivity contribution in [3.8, 4) is 0 Å². The van der Waals surface area contributed by atoms with Gasteiger partial charge in [0.2, 0.25) is 0 Å². The first-order valence-corrected chi connectivity index (χ1v) is 9.58. The number of nitrogens with one attached hydrogen (secondary N) is 2. The SMILES string of the molecule is CCCCn1c(N)c(N(CCC)C(=S)Nc2ccccc2C)c(=O)[nH]c1=O. The van der Waals surface area contributed by atoms with Crippen molar-refractivity contribution in [1.29, 1.82) is 0 Å². The lowest BCUT2D eigenvalue weighted by Crippen LogP contribution is -2.43. The van der Waals surface area contributed by atoms with E-state index in [0.717, 1.165) is 30.5 Å². The average Bonchev–Trinajstić information content (AvgIpc) is 2.62. The van der Waals surface area contributed by atoms with Crippen molar-refractivity contribution in [2.24, 2.45) is 0 Å². The van der Waals surface area contributed by atoms with Crippen LogP contribution in [0, 0.1) is 6.92 Å². The fraction of sp³-hybridized carbons (Fsp3) is 0.421. The molecule has 0 saturated heterocycles. The number of aromatic nitrogens is 2. The fourth-order valence-corrected chi connectivity index (χ4v) is 3.10. The Hall–Kier alpha value is -2.61. The molecule has 0 bridgehead atoms. The van der Waals surface area contributed by atoms with Gasteiger partial charge in [-0.2, -0.15) is 0 Å². The number of H-pyrrole nitrogens is 1. The third-order valence-electron chi connectivity index (χ3n) is 4.30. The van der Waals surface area contributed by atoms with Gasteiger partial charge in [0.05, 0.1) is 0 Å². The number of nitrogens with two attached hydrogens (primary N) is 1. The van der Waals surface area contributed by atoms with E-state index >= 15 is 0 Å². The number of anilines is 3. The van der Waals surface area contributed by atoms with Gasteiger partial charge in [-0.3, -0.25) is 14.3 Å². The van der Waals surface area contributed by atoms with Gasteiger partial charge in [-0.1, -0.05) is 38.5 Å². The number of aromatic amines is 1. The van der Waals surface area contributed by atoms with E-state index in [-0.39, 0.29) is 11.5 Å². The molecule has 4 N–H and O–H groups in total. The van der Waals surface area contributed by atoms with E-state index in [2.05, 4.69) is 10.3 Å². The Kier molecular flexibility index (Phi) is 7.18. The summed E-state index contributed by atoms with van der Waals surface area (Å²) in [5.41, 5.74) is 7.30. The summed E-state index contributed by atoms with van der Waals surface area (Å²) >= 11 is 5.57. The quantitative estimate of drug-likeness (QED) is 0.630. The van der Waals surface area contributed by atoms with Crippen LogP contribution in [0.25, 0.3) is 0 Å². The number of para-hydroxylation sites is 1. The van der Waals surface area contributed by atoms with Crippen LogP contribution in [0.1, 0.15) is 38.7 Å². The Morgan fingerprint density at radius 2 is 1.96 bits per heavy atom. The van der Waals surface area contributed by atoms with E-state index in [1.165, 1.54) is 4.57 Å². The molecule has 0 fully saturated rings. The van der Waals surface area contributed by atoms with Gasteiger partial charge in [0.25, 0.3) is 5.56 Å². The van der Waals surface area contributed by atoms with Crippen LogP contribution in [0.15, 0.2) is 33.9 Å². The Bertz CT molecular complexity index is 919. The zero-order chi connectivity index (χ0) is 20.0. The molecule has 0 aliphatic heterocycles. The molecule has 2 aromatic rings. The number of unbranched alkanes of at least 4 members (excludes halogenated alkanes) is 1. The molecule has 0 aliphatic carbocycles. The van der Waals surface area contributed by atoms with Crippen LogP contribution < -0.4 is 27.2 Å². The van der Waals surface area contributed by atoms with E-state index in [4.69, 9.17) is 18.0 Å². The summed E-state index contributed by atoms with van der Waals surface area (Å²) in [6.07, 6.45) is 2.45. The van der Waals surface area contributed by atoms with E-state index in [9.17, 15) is 9.59 Å². The Balaban J connectivity index is 2.46. The van der Waals surface area contributed by atoms with E-state index < -0.39 is 11.2 Å². The van der Waals surface area contributed by atoms with Crippen molar-refractivity contribution in [1.82, 2.24) is 9.55 Å². The van der Waals surface area contributed by atoms with E-state index in [1.807, 2.05) is 45.0 Å². The number of hydrogen-bond acceptors (Lipinski definition) is 4. The highest BCUT2D eigenvalue weighted by Crippen LogP contribution is 2.20. The standard InChI is InChI=1S/C19H27N5O2S/c1-4-6-12-24-16(20)15(17(25)22-18(24)26)23(11-5-2)19(27)21-14-10-8-7-9-13(14)3/h7-10H,4-6,11-12,20H2,1-3H3,(H,21,27)(H,22,25,26).